The van der Waals surface area contributed by atoms with E-state index in [4.69, 9.17) is 0 Å². The maximum absolute atomic E-state index is 13.0. The summed E-state index contributed by atoms with van der Waals surface area (Å²) in [5.74, 6) is -0.284. The van der Waals surface area contributed by atoms with Crippen LogP contribution in [0.25, 0.3) is 0 Å². The molecule has 1 aliphatic carbocycles. The van der Waals surface area contributed by atoms with E-state index in [-0.39, 0.29) is 24.3 Å². The molecule has 0 atom stereocenters. The van der Waals surface area contributed by atoms with Gasteiger partial charge in [0.05, 0.1) is 23.3 Å². The molecule has 146 valence electrons. The number of nitrogens with zero attached hydrogens (tertiary/aromatic N) is 3. The molecule has 28 heavy (non-hydrogen) atoms. The highest BCUT2D eigenvalue weighted by molar-refractivity contribution is 7.14. The van der Waals surface area contributed by atoms with Gasteiger partial charge in [0.2, 0.25) is 17.7 Å². The van der Waals surface area contributed by atoms with E-state index in [0.717, 1.165) is 37.8 Å². The number of para-hydroxylation sites is 1. The third-order valence-corrected chi connectivity index (χ3v) is 6.56. The minimum absolute atomic E-state index is 0.0433. The van der Waals surface area contributed by atoms with Gasteiger partial charge in [0.15, 0.2) is 5.13 Å². The van der Waals surface area contributed by atoms with Crippen LogP contribution in [0.5, 0.6) is 0 Å². The Hall–Kier alpha value is -2.54. The largest absolute Gasteiger partial charge is 0.276 e. The number of likely N-dealkylation sites (tertiary alicyclic amines) is 1. The van der Waals surface area contributed by atoms with E-state index in [1.165, 1.54) is 23.2 Å². The van der Waals surface area contributed by atoms with E-state index in [2.05, 4.69) is 4.98 Å². The van der Waals surface area contributed by atoms with Gasteiger partial charge >= 0.3 is 0 Å². The van der Waals surface area contributed by atoms with Crippen molar-refractivity contribution in [1.29, 1.82) is 0 Å². The van der Waals surface area contributed by atoms with Gasteiger partial charge in [-0.05, 0) is 25.0 Å². The molecule has 4 rings (SSSR count). The van der Waals surface area contributed by atoms with E-state index in [9.17, 15) is 14.4 Å². The number of anilines is 2. The first-order chi connectivity index (χ1) is 13.5. The average molecular weight is 398 g/mol. The summed E-state index contributed by atoms with van der Waals surface area (Å²) in [5.41, 5.74) is 0.894. The number of carbonyl (C=O) groups is 3. The highest BCUT2D eigenvalue weighted by Crippen LogP contribution is 2.45. The Labute approximate surface area is 168 Å². The van der Waals surface area contributed by atoms with Gasteiger partial charge in [0.25, 0.3) is 0 Å². The van der Waals surface area contributed by atoms with Crippen LogP contribution in [-0.2, 0) is 20.9 Å². The van der Waals surface area contributed by atoms with Crippen molar-refractivity contribution in [3.63, 3.8) is 0 Å². The highest BCUT2D eigenvalue weighted by Gasteiger charge is 2.51. The summed E-state index contributed by atoms with van der Waals surface area (Å²) < 4.78 is 0. The molecule has 2 aliphatic rings. The van der Waals surface area contributed by atoms with Crippen molar-refractivity contribution < 1.29 is 14.4 Å². The van der Waals surface area contributed by atoms with Crippen LogP contribution in [0.4, 0.5) is 10.8 Å². The fourth-order valence-electron chi connectivity index (χ4n) is 4.28. The maximum Gasteiger partial charge on any atom is 0.236 e. The summed E-state index contributed by atoms with van der Waals surface area (Å²) in [6.45, 7) is 1.67. The number of thiazole rings is 1. The smallest absolute Gasteiger partial charge is 0.236 e. The van der Waals surface area contributed by atoms with Crippen LogP contribution in [-0.4, -0.2) is 27.6 Å². The molecule has 1 saturated heterocycles. The van der Waals surface area contributed by atoms with Crippen molar-refractivity contribution in [1.82, 2.24) is 9.88 Å². The monoisotopic (exact) mass is 397 g/mol. The second-order valence-electron chi connectivity index (χ2n) is 7.61. The SMILES string of the molecule is CC(=O)N(c1ccccc1)c1nc(CN2C(=O)CC3(CCCCC3)C2=O)cs1. The zero-order valence-electron chi connectivity index (χ0n) is 15.9. The number of hydrogen-bond donors (Lipinski definition) is 0. The molecule has 1 aliphatic heterocycles. The molecule has 1 aromatic carbocycles. The van der Waals surface area contributed by atoms with Gasteiger partial charge in [0.1, 0.15) is 0 Å². The zero-order chi connectivity index (χ0) is 19.7. The lowest BCUT2D eigenvalue weighted by Gasteiger charge is -2.30. The Morgan fingerprint density at radius 1 is 1.18 bits per heavy atom. The minimum atomic E-state index is -0.482. The number of imide groups is 1. The van der Waals surface area contributed by atoms with Crippen LogP contribution in [0.15, 0.2) is 35.7 Å². The van der Waals surface area contributed by atoms with Crippen molar-refractivity contribution in [2.75, 3.05) is 4.90 Å². The second kappa shape index (κ2) is 7.47. The fraction of sp³-hybridized carbons (Fsp3) is 0.429. The lowest BCUT2D eigenvalue weighted by Crippen LogP contribution is -2.36. The summed E-state index contributed by atoms with van der Waals surface area (Å²) in [4.78, 5) is 45.2. The standard InChI is InChI=1S/C21H23N3O3S/c1-15(25)24(17-8-4-2-5-9-17)20-22-16(14-28-20)13-23-18(26)12-21(19(23)27)10-6-3-7-11-21/h2,4-5,8-9,14H,3,6-7,10-13H2,1H3. The Kier molecular flexibility index (Phi) is 5.02. The molecule has 0 unspecified atom stereocenters. The number of amides is 3. The van der Waals surface area contributed by atoms with Gasteiger partial charge in [-0.3, -0.25) is 24.2 Å². The van der Waals surface area contributed by atoms with E-state index < -0.39 is 5.41 Å². The Morgan fingerprint density at radius 3 is 2.57 bits per heavy atom. The Balaban J connectivity index is 1.54. The van der Waals surface area contributed by atoms with Crippen LogP contribution in [0, 0.1) is 5.41 Å². The average Bonchev–Trinajstić information content (AvgIpc) is 3.22. The molecule has 0 radical (unpaired) electrons. The van der Waals surface area contributed by atoms with Crippen molar-refractivity contribution in [2.24, 2.45) is 5.41 Å². The van der Waals surface area contributed by atoms with E-state index in [1.54, 1.807) is 4.90 Å². The van der Waals surface area contributed by atoms with E-state index in [0.29, 0.717) is 17.2 Å². The molecule has 2 aromatic rings. The first kappa shape index (κ1) is 18.8. The van der Waals surface area contributed by atoms with Crippen molar-refractivity contribution in [2.45, 2.75) is 52.0 Å². The van der Waals surface area contributed by atoms with Crippen LogP contribution in [0.1, 0.15) is 51.1 Å². The van der Waals surface area contributed by atoms with Gasteiger partial charge in [0, 0.05) is 18.7 Å². The normalized spacial score (nSPS) is 18.7. The molecule has 6 nitrogen and oxygen atoms in total. The van der Waals surface area contributed by atoms with Gasteiger partial charge in [-0.1, -0.05) is 37.5 Å². The van der Waals surface area contributed by atoms with Crippen LogP contribution < -0.4 is 4.90 Å². The summed E-state index contributed by atoms with van der Waals surface area (Å²) in [7, 11) is 0. The third kappa shape index (κ3) is 3.35. The number of rotatable bonds is 4. The molecule has 2 heterocycles. The van der Waals surface area contributed by atoms with Crippen LogP contribution in [0.3, 0.4) is 0 Å². The van der Waals surface area contributed by atoms with Gasteiger partial charge in [-0.2, -0.15) is 0 Å². The van der Waals surface area contributed by atoms with Crippen LogP contribution in [0.2, 0.25) is 0 Å². The van der Waals surface area contributed by atoms with Crippen molar-refractivity contribution in [3.8, 4) is 0 Å². The fourth-order valence-corrected chi connectivity index (χ4v) is 5.15. The van der Waals surface area contributed by atoms with Crippen LogP contribution >= 0.6 is 11.3 Å². The van der Waals surface area contributed by atoms with Crippen molar-refractivity contribution in [3.05, 3.63) is 41.4 Å². The molecule has 1 spiro atoms. The van der Waals surface area contributed by atoms with Gasteiger partial charge < -0.3 is 0 Å². The molecule has 1 saturated carbocycles. The zero-order valence-corrected chi connectivity index (χ0v) is 16.7. The van der Waals surface area contributed by atoms with E-state index in [1.807, 2.05) is 35.7 Å². The lowest BCUT2D eigenvalue weighted by molar-refractivity contribution is -0.143. The molecule has 0 bridgehead atoms. The molecule has 7 heteroatoms. The first-order valence-electron chi connectivity index (χ1n) is 9.65. The molecular formula is C21H23N3O3S. The summed E-state index contributed by atoms with van der Waals surface area (Å²) in [6.07, 6.45) is 5.10. The van der Waals surface area contributed by atoms with Gasteiger partial charge in [-0.15, -0.1) is 11.3 Å². The molecule has 3 amide bonds. The second-order valence-corrected chi connectivity index (χ2v) is 8.45. The third-order valence-electron chi connectivity index (χ3n) is 5.68. The van der Waals surface area contributed by atoms with Crippen molar-refractivity contribution >= 4 is 39.9 Å². The number of benzene rings is 1. The van der Waals surface area contributed by atoms with E-state index >= 15 is 0 Å². The molecular weight excluding hydrogens is 374 g/mol. The lowest BCUT2D eigenvalue weighted by atomic mass is 9.73. The molecule has 2 fully saturated rings. The molecule has 1 aromatic heterocycles. The predicted octanol–water partition coefficient (Wildman–Crippen LogP) is 4.04. The first-order valence-corrected chi connectivity index (χ1v) is 10.5. The topological polar surface area (TPSA) is 70.6 Å². The number of aromatic nitrogens is 1. The summed E-state index contributed by atoms with van der Waals surface area (Å²) in [5, 5.41) is 2.36. The summed E-state index contributed by atoms with van der Waals surface area (Å²) in [6, 6.07) is 9.32. The summed E-state index contributed by atoms with van der Waals surface area (Å²) >= 11 is 1.34. The minimum Gasteiger partial charge on any atom is -0.276 e. The highest BCUT2D eigenvalue weighted by atomic mass is 32.1. The van der Waals surface area contributed by atoms with Gasteiger partial charge in [-0.25, -0.2) is 4.98 Å². The predicted molar refractivity (Wildman–Crippen MR) is 107 cm³/mol. The number of carbonyl (C=O) groups excluding carboxylic acids is 3. The number of hydrogen-bond acceptors (Lipinski definition) is 5. The quantitative estimate of drug-likeness (QED) is 0.730. The maximum atomic E-state index is 13.0. The Bertz CT molecular complexity index is 903. The Morgan fingerprint density at radius 2 is 1.89 bits per heavy atom. The molecule has 0 N–H and O–H groups in total.